The third kappa shape index (κ3) is 2.42. The zero-order valence-corrected chi connectivity index (χ0v) is 9.54. The second-order valence-corrected chi connectivity index (χ2v) is 3.62. The quantitative estimate of drug-likeness (QED) is 0.762. The van der Waals surface area contributed by atoms with Crippen LogP contribution in [0.1, 0.15) is 12.5 Å². The summed E-state index contributed by atoms with van der Waals surface area (Å²) in [5, 5.41) is 4.12. The minimum atomic E-state index is -0.676. The molecular formula is C11H14N4O2. The van der Waals surface area contributed by atoms with Gasteiger partial charge < -0.3 is 10.5 Å². The number of carbonyl (C=O) groups excluding carboxylic acids is 1. The van der Waals surface area contributed by atoms with Crippen LogP contribution in [0.25, 0.3) is 5.65 Å². The predicted molar refractivity (Wildman–Crippen MR) is 61.3 cm³/mol. The fourth-order valence-electron chi connectivity index (χ4n) is 1.59. The molecule has 1 atom stereocenters. The van der Waals surface area contributed by atoms with Gasteiger partial charge >= 0.3 is 5.97 Å². The van der Waals surface area contributed by atoms with Crippen LogP contribution in [-0.4, -0.2) is 33.2 Å². The Morgan fingerprint density at radius 1 is 1.65 bits per heavy atom. The first-order valence-electron chi connectivity index (χ1n) is 5.41. The number of esters is 1. The molecule has 2 N–H and O–H groups in total. The first-order chi connectivity index (χ1) is 8.22. The maximum Gasteiger partial charge on any atom is 0.323 e. The number of carbonyl (C=O) groups is 1. The standard InChI is InChI=1S/C11H14N4O2/c1-2-17-11(16)9(12)6-8-7-14-15-5-3-4-13-10(8)15/h3-5,7,9H,2,6,12H2,1H3. The van der Waals surface area contributed by atoms with Gasteiger partial charge in [-0.05, 0) is 13.0 Å². The maximum absolute atomic E-state index is 11.4. The summed E-state index contributed by atoms with van der Waals surface area (Å²) < 4.78 is 6.50. The third-order valence-electron chi connectivity index (χ3n) is 2.38. The van der Waals surface area contributed by atoms with Gasteiger partial charge in [0.1, 0.15) is 6.04 Å². The minimum absolute atomic E-state index is 0.333. The molecule has 0 aliphatic rings. The molecule has 17 heavy (non-hydrogen) atoms. The second-order valence-electron chi connectivity index (χ2n) is 3.62. The van der Waals surface area contributed by atoms with Crippen LogP contribution in [0, 0.1) is 0 Å². The Bertz CT molecular complexity index is 523. The molecule has 0 radical (unpaired) electrons. The Morgan fingerprint density at radius 2 is 2.47 bits per heavy atom. The topological polar surface area (TPSA) is 82.5 Å². The molecule has 2 aromatic rings. The van der Waals surface area contributed by atoms with E-state index in [0.29, 0.717) is 18.7 Å². The number of ether oxygens (including phenoxy) is 1. The SMILES string of the molecule is CCOC(=O)C(N)Cc1cnn2cccnc12. The van der Waals surface area contributed by atoms with Gasteiger partial charge in [-0.3, -0.25) is 4.79 Å². The van der Waals surface area contributed by atoms with Crippen LogP contribution in [0.15, 0.2) is 24.7 Å². The molecule has 0 amide bonds. The van der Waals surface area contributed by atoms with Gasteiger partial charge in [-0.1, -0.05) is 0 Å². The van der Waals surface area contributed by atoms with E-state index in [4.69, 9.17) is 10.5 Å². The van der Waals surface area contributed by atoms with Crippen LogP contribution in [-0.2, 0) is 16.0 Å². The Kier molecular flexibility index (Phi) is 3.34. The highest BCUT2D eigenvalue weighted by molar-refractivity contribution is 5.76. The van der Waals surface area contributed by atoms with Crippen molar-refractivity contribution in [1.82, 2.24) is 14.6 Å². The molecule has 0 aliphatic carbocycles. The molecule has 1 unspecified atom stereocenters. The van der Waals surface area contributed by atoms with Crippen LogP contribution in [0.3, 0.4) is 0 Å². The summed E-state index contributed by atoms with van der Waals surface area (Å²) in [6, 6.07) is 1.11. The van der Waals surface area contributed by atoms with Crippen molar-refractivity contribution in [3.05, 3.63) is 30.2 Å². The van der Waals surface area contributed by atoms with Crippen LogP contribution >= 0.6 is 0 Å². The second kappa shape index (κ2) is 4.92. The highest BCUT2D eigenvalue weighted by Gasteiger charge is 2.17. The lowest BCUT2D eigenvalue weighted by molar-refractivity contribution is -0.144. The molecule has 2 heterocycles. The van der Waals surface area contributed by atoms with Crippen molar-refractivity contribution in [2.24, 2.45) is 5.73 Å². The molecule has 0 saturated carbocycles. The molecule has 0 aliphatic heterocycles. The van der Waals surface area contributed by atoms with Gasteiger partial charge in [-0.25, -0.2) is 9.50 Å². The summed E-state index contributed by atoms with van der Waals surface area (Å²) in [5.74, 6) is -0.400. The fourth-order valence-corrected chi connectivity index (χ4v) is 1.59. The van der Waals surface area contributed by atoms with Crippen molar-refractivity contribution >= 4 is 11.6 Å². The van der Waals surface area contributed by atoms with Gasteiger partial charge in [0, 0.05) is 24.4 Å². The number of nitrogens with two attached hydrogens (primary N) is 1. The number of aromatic nitrogens is 3. The summed E-state index contributed by atoms with van der Waals surface area (Å²) in [7, 11) is 0. The van der Waals surface area contributed by atoms with E-state index < -0.39 is 12.0 Å². The van der Waals surface area contributed by atoms with E-state index in [-0.39, 0.29) is 0 Å². The van der Waals surface area contributed by atoms with Crippen molar-refractivity contribution in [2.45, 2.75) is 19.4 Å². The summed E-state index contributed by atoms with van der Waals surface area (Å²) in [6.07, 6.45) is 5.51. The number of nitrogens with zero attached hydrogens (tertiary/aromatic N) is 3. The largest absolute Gasteiger partial charge is 0.465 e. The van der Waals surface area contributed by atoms with Crippen LogP contribution in [0.4, 0.5) is 0 Å². The lowest BCUT2D eigenvalue weighted by Gasteiger charge is -2.08. The first kappa shape index (κ1) is 11.5. The highest BCUT2D eigenvalue weighted by atomic mass is 16.5. The highest BCUT2D eigenvalue weighted by Crippen LogP contribution is 2.09. The maximum atomic E-state index is 11.4. The third-order valence-corrected chi connectivity index (χ3v) is 2.38. The normalized spacial score (nSPS) is 12.6. The molecule has 90 valence electrons. The van der Waals surface area contributed by atoms with Gasteiger partial charge in [0.15, 0.2) is 5.65 Å². The Labute approximate surface area is 98.4 Å². The van der Waals surface area contributed by atoms with Crippen molar-refractivity contribution in [3.63, 3.8) is 0 Å². The van der Waals surface area contributed by atoms with E-state index in [1.165, 1.54) is 0 Å². The predicted octanol–water partition coefficient (Wildman–Crippen LogP) is 0.162. The number of hydrogen-bond acceptors (Lipinski definition) is 5. The summed E-state index contributed by atoms with van der Waals surface area (Å²) in [4.78, 5) is 15.6. The van der Waals surface area contributed by atoms with Crippen molar-refractivity contribution in [1.29, 1.82) is 0 Å². The molecule has 0 saturated heterocycles. The number of fused-ring (bicyclic) bond motifs is 1. The van der Waals surface area contributed by atoms with Gasteiger partial charge in [-0.2, -0.15) is 5.10 Å². The summed E-state index contributed by atoms with van der Waals surface area (Å²) >= 11 is 0. The van der Waals surface area contributed by atoms with Gasteiger partial charge in [0.05, 0.1) is 12.8 Å². The first-order valence-corrected chi connectivity index (χ1v) is 5.41. The monoisotopic (exact) mass is 234 g/mol. The molecule has 0 spiro atoms. The molecule has 0 aromatic carbocycles. The lowest BCUT2D eigenvalue weighted by atomic mass is 10.1. The van der Waals surface area contributed by atoms with E-state index in [0.717, 1.165) is 5.56 Å². The Balaban J connectivity index is 2.16. The smallest absolute Gasteiger partial charge is 0.323 e. The van der Waals surface area contributed by atoms with E-state index in [2.05, 4.69) is 10.1 Å². The molecule has 0 fully saturated rings. The summed E-state index contributed by atoms with van der Waals surface area (Å²) in [5.41, 5.74) is 7.30. The number of rotatable bonds is 4. The van der Waals surface area contributed by atoms with E-state index in [9.17, 15) is 4.79 Å². The van der Waals surface area contributed by atoms with Crippen LogP contribution < -0.4 is 5.73 Å². The molecule has 6 nitrogen and oxygen atoms in total. The zero-order valence-electron chi connectivity index (χ0n) is 9.54. The van der Waals surface area contributed by atoms with Gasteiger partial charge in [-0.15, -0.1) is 0 Å². The molecular weight excluding hydrogens is 220 g/mol. The van der Waals surface area contributed by atoms with Crippen LogP contribution in [0.5, 0.6) is 0 Å². The van der Waals surface area contributed by atoms with Crippen molar-refractivity contribution in [3.8, 4) is 0 Å². The van der Waals surface area contributed by atoms with Crippen LogP contribution in [0.2, 0.25) is 0 Å². The molecule has 6 heteroatoms. The van der Waals surface area contributed by atoms with Gasteiger partial charge in [0.25, 0.3) is 0 Å². The van der Waals surface area contributed by atoms with E-state index >= 15 is 0 Å². The molecule has 2 rings (SSSR count). The Morgan fingerprint density at radius 3 is 3.24 bits per heavy atom. The van der Waals surface area contributed by atoms with Crippen molar-refractivity contribution < 1.29 is 9.53 Å². The van der Waals surface area contributed by atoms with Gasteiger partial charge in [0.2, 0.25) is 0 Å². The minimum Gasteiger partial charge on any atom is -0.465 e. The van der Waals surface area contributed by atoms with E-state index in [1.54, 1.807) is 36.1 Å². The van der Waals surface area contributed by atoms with Crippen molar-refractivity contribution in [2.75, 3.05) is 6.61 Å². The lowest BCUT2D eigenvalue weighted by Crippen LogP contribution is -2.34. The van der Waals surface area contributed by atoms with E-state index in [1.807, 2.05) is 0 Å². The summed E-state index contributed by atoms with van der Waals surface area (Å²) in [6.45, 7) is 2.08. The average molecular weight is 234 g/mol. The Hall–Kier alpha value is -1.95. The molecule has 2 aromatic heterocycles. The zero-order chi connectivity index (χ0) is 12.3. The molecule has 0 bridgehead atoms. The fraction of sp³-hybridized carbons (Fsp3) is 0.364. The average Bonchev–Trinajstić information content (AvgIpc) is 2.73. The number of hydrogen-bond donors (Lipinski definition) is 1.